The second kappa shape index (κ2) is 19.2. The number of thioether (sulfide) groups is 3. The number of hydrogen-bond acceptors (Lipinski definition) is 5. The monoisotopic (exact) mass is 980 g/mol. The molecular formula is C64H60N4S3. The van der Waals surface area contributed by atoms with Crippen LogP contribution in [0.25, 0.3) is 43.6 Å². The van der Waals surface area contributed by atoms with Crippen molar-refractivity contribution in [2.75, 3.05) is 9.80 Å². The Morgan fingerprint density at radius 1 is 0.338 bits per heavy atom. The topological polar surface area (TPSA) is 16.3 Å². The van der Waals surface area contributed by atoms with Gasteiger partial charge in [-0.05, 0) is 172 Å². The highest BCUT2D eigenvalue weighted by Crippen LogP contribution is 2.55. The van der Waals surface area contributed by atoms with E-state index >= 15 is 0 Å². The van der Waals surface area contributed by atoms with Crippen molar-refractivity contribution < 1.29 is 0 Å². The fraction of sp³-hybridized carbons (Fsp3) is 0.250. The maximum atomic E-state index is 2.56. The van der Waals surface area contributed by atoms with E-state index in [1.165, 1.54) is 114 Å². The number of fused-ring (bicyclic) bond motifs is 6. The summed E-state index contributed by atoms with van der Waals surface area (Å²) in [4.78, 5) is 5.11. The third-order valence-electron chi connectivity index (χ3n) is 15.7. The molecule has 354 valence electrons. The van der Waals surface area contributed by atoms with Crippen molar-refractivity contribution >= 4 is 102 Å². The molecule has 6 atom stereocenters. The smallest absolute Gasteiger partial charge is 0.0806 e. The Kier molecular flexibility index (Phi) is 12.2. The molecule has 3 aliphatic rings. The maximum Gasteiger partial charge on any atom is 0.0806 e. The van der Waals surface area contributed by atoms with E-state index in [9.17, 15) is 0 Å². The summed E-state index contributed by atoms with van der Waals surface area (Å²) in [5, 5.41) is 8.22. The Hall–Kier alpha value is -5.99. The van der Waals surface area contributed by atoms with Gasteiger partial charge < -0.3 is 18.9 Å². The van der Waals surface area contributed by atoms with Crippen LogP contribution in [0.5, 0.6) is 0 Å². The first kappa shape index (κ1) is 44.9. The fourth-order valence-corrected chi connectivity index (χ4v) is 17.0. The van der Waals surface area contributed by atoms with Crippen LogP contribution >= 0.6 is 35.3 Å². The zero-order chi connectivity index (χ0) is 47.4. The molecule has 8 aromatic carbocycles. The lowest BCUT2D eigenvalue weighted by Crippen LogP contribution is -2.26. The number of aryl methyl sites for hydroxylation is 2. The molecule has 0 aliphatic carbocycles. The lowest BCUT2D eigenvalue weighted by atomic mass is 9.99. The minimum absolute atomic E-state index is 0.377. The highest BCUT2D eigenvalue weighted by molar-refractivity contribution is 8.00. The van der Waals surface area contributed by atoms with E-state index in [0.717, 1.165) is 25.9 Å². The summed E-state index contributed by atoms with van der Waals surface area (Å²) in [6.45, 7) is 6.51. The van der Waals surface area contributed by atoms with Crippen LogP contribution in [0.3, 0.4) is 0 Å². The average molecular weight is 981 g/mol. The van der Waals surface area contributed by atoms with Crippen molar-refractivity contribution in [2.24, 2.45) is 0 Å². The number of nitrogens with zero attached hydrogens (tertiary/aromatic N) is 4. The molecule has 0 saturated carbocycles. The molecule has 0 N–H and O–H groups in total. The number of anilines is 4. The molecule has 3 aliphatic heterocycles. The highest BCUT2D eigenvalue weighted by Gasteiger charge is 2.35. The predicted octanol–water partition coefficient (Wildman–Crippen LogP) is 18.7. The first-order valence-electron chi connectivity index (χ1n) is 26.0. The number of aromatic nitrogens is 2. The van der Waals surface area contributed by atoms with Crippen molar-refractivity contribution in [2.45, 2.75) is 97.2 Å². The standard InChI is InChI=1S/C64H60N4S3/c1-3-65-55-29-25-43(39-51(55)53-41-45(27-31-57(53)65)61-35-37-63(70-61)67(47-17-9-5-10-18-47)48-19-11-6-12-20-48)59-33-34-60(69-59)44-26-30-56-52(40-44)54-42-46(28-32-58(54)66(56)4-2)62-36-38-64(71-62)68(49-21-13-7-14-22-49)50-23-15-8-16-24-50/h5-32,39-42,59-64H,3-4,33-38H2,1-2H3. The summed E-state index contributed by atoms with van der Waals surface area (Å²) in [5.41, 5.74) is 16.3. The minimum atomic E-state index is 0.377. The molecule has 4 nitrogen and oxygen atoms in total. The maximum absolute atomic E-state index is 2.56. The quantitative estimate of drug-likeness (QED) is 0.121. The number of hydrogen-bond donors (Lipinski definition) is 0. The van der Waals surface area contributed by atoms with Crippen LogP contribution < -0.4 is 9.80 Å². The first-order valence-corrected chi connectivity index (χ1v) is 28.8. The van der Waals surface area contributed by atoms with Gasteiger partial charge in [0.15, 0.2) is 0 Å². The van der Waals surface area contributed by atoms with Crippen LogP contribution in [0.4, 0.5) is 22.7 Å². The van der Waals surface area contributed by atoms with Gasteiger partial charge in [-0.25, -0.2) is 0 Å². The van der Waals surface area contributed by atoms with E-state index in [0.29, 0.717) is 31.7 Å². The van der Waals surface area contributed by atoms with E-state index < -0.39 is 0 Å². The van der Waals surface area contributed by atoms with Crippen molar-refractivity contribution in [3.8, 4) is 0 Å². The third-order valence-corrected chi connectivity index (χ3v) is 20.5. The van der Waals surface area contributed by atoms with Gasteiger partial charge in [0.25, 0.3) is 0 Å². The second-order valence-electron chi connectivity index (χ2n) is 19.7. The van der Waals surface area contributed by atoms with Crippen molar-refractivity contribution in [3.63, 3.8) is 0 Å². The van der Waals surface area contributed by atoms with Gasteiger partial charge >= 0.3 is 0 Å². The number of para-hydroxylation sites is 4. The molecule has 5 heterocycles. The van der Waals surface area contributed by atoms with E-state index in [2.05, 4.69) is 262 Å². The van der Waals surface area contributed by atoms with Crippen molar-refractivity contribution in [3.05, 3.63) is 216 Å². The molecule has 10 aromatic rings. The highest BCUT2D eigenvalue weighted by atomic mass is 32.2. The Morgan fingerprint density at radius 2 is 0.606 bits per heavy atom. The van der Waals surface area contributed by atoms with Crippen LogP contribution in [0, 0.1) is 0 Å². The molecule has 0 spiro atoms. The molecule has 3 saturated heterocycles. The number of rotatable bonds is 12. The molecule has 2 aromatic heterocycles. The molecule has 7 heteroatoms. The van der Waals surface area contributed by atoms with Crippen molar-refractivity contribution in [1.29, 1.82) is 0 Å². The zero-order valence-electron chi connectivity index (χ0n) is 40.6. The van der Waals surface area contributed by atoms with Crippen LogP contribution in [-0.4, -0.2) is 19.9 Å². The van der Waals surface area contributed by atoms with E-state index in [4.69, 9.17) is 0 Å². The van der Waals surface area contributed by atoms with Gasteiger partial charge in [0, 0.05) is 100 Å². The molecule has 0 radical (unpaired) electrons. The lowest BCUT2D eigenvalue weighted by molar-refractivity contribution is 0.741. The third kappa shape index (κ3) is 8.22. The Balaban J connectivity index is 0.763. The molecule has 6 unspecified atom stereocenters. The predicted molar refractivity (Wildman–Crippen MR) is 309 cm³/mol. The van der Waals surface area contributed by atoms with Gasteiger partial charge in [0.05, 0.1) is 10.7 Å². The fourth-order valence-electron chi connectivity index (χ4n) is 12.3. The van der Waals surface area contributed by atoms with Gasteiger partial charge in [-0.2, -0.15) is 0 Å². The molecule has 13 rings (SSSR count). The van der Waals surface area contributed by atoms with Crippen LogP contribution in [0.15, 0.2) is 194 Å². The summed E-state index contributed by atoms with van der Waals surface area (Å²) >= 11 is 6.45. The summed E-state index contributed by atoms with van der Waals surface area (Å²) in [5.74, 6) is 0. The molecule has 0 amide bonds. The van der Waals surface area contributed by atoms with E-state index in [1.54, 1.807) is 0 Å². The van der Waals surface area contributed by atoms with Gasteiger partial charge in [-0.1, -0.05) is 97.1 Å². The second-order valence-corrected chi connectivity index (χ2v) is 23.9. The molecule has 71 heavy (non-hydrogen) atoms. The molecule has 3 fully saturated rings. The Morgan fingerprint density at radius 3 is 0.887 bits per heavy atom. The van der Waals surface area contributed by atoms with Crippen LogP contribution in [0.2, 0.25) is 0 Å². The summed E-state index contributed by atoms with van der Waals surface area (Å²) in [7, 11) is 0. The summed E-state index contributed by atoms with van der Waals surface area (Å²) in [6, 6.07) is 73.5. The van der Waals surface area contributed by atoms with Crippen LogP contribution in [-0.2, 0) is 13.1 Å². The average Bonchev–Trinajstić information content (AvgIpc) is 4.30. The lowest BCUT2D eigenvalue weighted by Gasteiger charge is -2.31. The SMILES string of the molecule is CCn1c2ccc(C3CCC(c4ccc5c(c4)c4cc(C6CCC(N(c7ccccc7)c7ccccc7)S6)ccc4n5CC)S3)cc2c2cc(C3CCC(N(c4ccccc4)c4ccccc4)S3)ccc21. The van der Waals surface area contributed by atoms with Gasteiger partial charge in [0.1, 0.15) is 0 Å². The largest absolute Gasteiger partial charge is 0.341 e. The van der Waals surface area contributed by atoms with Gasteiger partial charge in [0.2, 0.25) is 0 Å². The van der Waals surface area contributed by atoms with Crippen molar-refractivity contribution in [1.82, 2.24) is 9.13 Å². The first-order chi connectivity index (χ1) is 35.1. The Labute approximate surface area is 431 Å². The van der Waals surface area contributed by atoms with Crippen LogP contribution in [0.1, 0.15) is 95.6 Å². The normalized spacial score (nSPS) is 21.3. The summed E-state index contributed by atoms with van der Waals surface area (Å²) in [6.07, 6.45) is 7.03. The minimum Gasteiger partial charge on any atom is -0.341 e. The van der Waals surface area contributed by atoms with E-state index in [-0.39, 0.29) is 0 Å². The number of benzene rings is 8. The Bertz CT molecular complexity index is 3190. The van der Waals surface area contributed by atoms with Gasteiger partial charge in [-0.3, -0.25) is 0 Å². The summed E-state index contributed by atoms with van der Waals surface area (Å²) < 4.78 is 5.06. The molecular weight excluding hydrogens is 921 g/mol. The zero-order valence-corrected chi connectivity index (χ0v) is 43.1. The van der Waals surface area contributed by atoms with E-state index in [1.807, 2.05) is 0 Å². The molecule has 0 bridgehead atoms. The van der Waals surface area contributed by atoms with Gasteiger partial charge in [-0.15, -0.1) is 35.3 Å².